The van der Waals surface area contributed by atoms with E-state index in [0.717, 1.165) is 12.0 Å². The van der Waals surface area contributed by atoms with E-state index >= 15 is 0 Å². The van der Waals surface area contributed by atoms with Crippen molar-refractivity contribution in [3.63, 3.8) is 0 Å². The van der Waals surface area contributed by atoms with Crippen molar-refractivity contribution in [3.05, 3.63) is 66.3 Å². The second kappa shape index (κ2) is 4.33. The average molecular weight is 226 g/mol. The van der Waals surface area contributed by atoms with Gasteiger partial charge in [-0.3, -0.25) is 0 Å². The maximum absolute atomic E-state index is 13.8. The predicted molar refractivity (Wildman–Crippen MR) is 69.2 cm³/mol. The summed E-state index contributed by atoms with van der Waals surface area (Å²) in [5, 5.41) is 0. The van der Waals surface area contributed by atoms with Crippen LogP contribution in [0.2, 0.25) is 0 Å². The van der Waals surface area contributed by atoms with Gasteiger partial charge in [0.05, 0.1) is 0 Å². The molecule has 1 aromatic carbocycles. The number of hydrogen-bond donors (Lipinski definition) is 0. The molecule has 1 heteroatoms. The van der Waals surface area contributed by atoms with E-state index in [2.05, 4.69) is 30.4 Å². The van der Waals surface area contributed by atoms with Crippen LogP contribution in [0.4, 0.5) is 4.39 Å². The highest BCUT2D eigenvalue weighted by molar-refractivity contribution is 5.75. The lowest BCUT2D eigenvalue weighted by molar-refractivity contribution is 0.260. The van der Waals surface area contributed by atoms with E-state index in [1.54, 1.807) is 6.08 Å². The Bertz CT molecular complexity index is 482. The lowest BCUT2D eigenvalue weighted by atomic mass is 9.77. The third kappa shape index (κ3) is 1.97. The van der Waals surface area contributed by atoms with Gasteiger partial charge in [0, 0.05) is 5.92 Å². The summed E-state index contributed by atoms with van der Waals surface area (Å²) in [5.41, 5.74) is 2.31. The fourth-order valence-electron chi connectivity index (χ4n) is 2.62. The number of allylic oxidation sites excluding steroid dienone is 6. The molecular formula is C16H15F. The normalized spacial score (nSPS) is 30.9. The van der Waals surface area contributed by atoms with Crippen LogP contribution in [0.25, 0.3) is 5.57 Å². The van der Waals surface area contributed by atoms with E-state index in [9.17, 15) is 4.39 Å². The summed E-state index contributed by atoms with van der Waals surface area (Å²) in [6.45, 7) is 0. The fourth-order valence-corrected chi connectivity index (χ4v) is 2.62. The molecule has 2 aliphatic rings. The molecule has 3 atom stereocenters. The van der Waals surface area contributed by atoms with Crippen LogP contribution in [0.15, 0.2) is 60.7 Å². The van der Waals surface area contributed by atoms with E-state index in [0.29, 0.717) is 5.92 Å². The monoisotopic (exact) mass is 226 g/mol. The SMILES string of the molecule is F[C@H]1C=CCC2C=CC(c3ccccc3)=C[C@H]21. The van der Waals surface area contributed by atoms with Gasteiger partial charge < -0.3 is 0 Å². The third-order valence-corrected chi connectivity index (χ3v) is 3.59. The average Bonchev–Trinajstić information content (AvgIpc) is 2.40. The van der Waals surface area contributed by atoms with E-state index in [-0.39, 0.29) is 5.92 Å². The van der Waals surface area contributed by atoms with Crippen molar-refractivity contribution in [1.29, 1.82) is 0 Å². The van der Waals surface area contributed by atoms with Crippen molar-refractivity contribution in [2.75, 3.05) is 0 Å². The quantitative estimate of drug-likeness (QED) is 0.630. The maximum atomic E-state index is 13.8. The summed E-state index contributed by atoms with van der Waals surface area (Å²) < 4.78 is 13.8. The summed E-state index contributed by atoms with van der Waals surface area (Å²) in [5.74, 6) is 0.350. The van der Waals surface area contributed by atoms with E-state index in [4.69, 9.17) is 0 Å². The summed E-state index contributed by atoms with van der Waals surface area (Å²) in [4.78, 5) is 0. The Morgan fingerprint density at radius 2 is 1.88 bits per heavy atom. The van der Waals surface area contributed by atoms with Crippen molar-refractivity contribution in [2.45, 2.75) is 12.6 Å². The Labute approximate surface area is 101 Å². The molecule has 0 saturated carbocycles. The first-order valence-electron chi connectivity index (χ1n) is 6.11. The highest BCUT2D eigenvalue weighted by atomic mass is 19.1. The highest BCUT2D eigenvalue weighted by Crippen LogP contribution is 2.36. The molecular weight excluding hydrogens is 211 g/mol. The van der Waals surface area contributed by atoms with Crippen molar-refractivity contribution >= 4 is 5.57 Å². The van der Waals surface area contributed by atoms with Crippen LogP contribution in [-0.2, 0) is 0 Å². The van der Waals surface area contributed by atoms with Crippen LogP contribution in [-0.4, -0.2) is 6.17 Å². The second-order valence-corrected chi connectivity index (χ2v) is 4.70. The fraction of sp³-hybridized carbons (Fsp3) is 0.250. The van der Waals surface area contributed by atoms with Gasteiger partial charge >= 0.3 is 0 Å². The minimum Gasteiger partial charge on any atom is -0.242 e. The Morgan fingerprint density at radius 3 is 2.71 bits per heavy atom. The Balaban J connectivity index is 1.94. The molecule has 0 saturated heterocycles. The summed E-state index contributed by atoms with van der Waals surface area (Å²) in [6, 6.07) is 10.2. The Morgan fingerprint density at radius 1 is 1.06 bits per heavy atom. The van der Waals surface area contributed by atoms with E-state index in [1.165, 1.54) is 5.56 Å². The Kier molecular flexibility index (Phi) is 2.68. The summed E-state index contributed by atoms with van der Waals surface area (Å²) >= 11 is 0. The zero-order valence-corrected chi connectivity index (χ0v) is 9.59. The van der Waals surface area contributed by atoms with Gasteiger partial charge in [-0.1, -0.05) is 60.7 Å². The zero-order valence-electron chi connectivity index (χ0n) is 9.59. The van der Waals surface area contributed by atoms with Crippen LogP contribution in [0.5, 0.6) is 0 Å². The number of halogens is 1. The van der Waals surface area contributed by atoms with Gasteiger partial charge in [-0.2, -0.15) is 0 Å². The third-order valence-electron chi connectivity index (χ3n) is 3.59. The molecule has 0 spiro atoms. The van der Waals surface area contributed by atoms with E-state index in [1.807, 2.05) is 24.3 Å². The largest absolute Gasteiger partial charge is 0.242 e. The van der Waals surface area contributed by atoms with Crippen LogP contribution >= 0.6 is 0 Å². The molecule has 3 rings (SSSR count). The summed E-state index contributed by atoms with van der Waals surface area (Å²) in [7, 11) is 0. The van der Waals surface area contributed by atoms with Crippen molar-refractivity contribution in [1.82, 2.24) is 0 Å². The number of hydrogen-bond acceptors (Lipinski definition) is 0. The summed E-state index contributed by atoms with van der Waals surface area (Å²) in [6.07, 6.45) is 10.1. The van der Waals surface area contributed by atoms with Crippen molar-refractivity contribution in [3.8, 4) is 0 Å². The van der Waals surface area contributed by atoms with E-state index < -0.39 is 6.17 Å². The number of rotatable bonds is 1. The smallest absolute Gasteiger partial charge is 0.125 e. The Hall–Kier alpha value is -1.63. The van der Waals surface area contributed by atoms with Crippen LogP contribution < -0.4 is 0 Å². The molecule has 0 amide bonds. The van der Waals surface area contributed by atoms with Crippen molar-refractivity contribution in [2.24, 2.45) is 11.8 Å². The molecule has 1 unspecified atom stereocenters. The lowest BCUT2D eigenvalue weighted by Crippen LogP contribution is -2.25. The standard InChI is InChI=1S/C16H15F/c17-16-8-4-7-13-9-10-14(11-15(13)16)12-5-2-1-3-6-12/h1-6,8-11,13,15-16H,7H2/t13?,15-,16+/m1/s1. The first-order chi connectivity index (χ1) is 8.34. The van der Waals surface area contributed by atoms with Crippen LogP contribution in [0, 0.1) is 11.8 Å². The number of alkyl halides is 1. The topological polar surface area (TPSA) is 0 Å². The zero-order chi connectivity index (χ0) is 11.7. The first kappa shape index (κ1) is 10.5. The molecule has 0 fully saturated rings. The lowest BCUT2D eigenvalue weighted by Gasteiger charge is -2.30. The predicted octanol–water partition coefficient (Wildman–Crippen LogP) is 4.17. The molecule has 1 aromatic rings. The minimum atomic E-state index is -0.836. The molecule has 2 aliphatic carbocycles. The minimum absolute atomic E-state index is 0.0141. The van der Waals surface area contributed by atoms with Gasteiger partial charge in [0.2, 0.25) is 0 Å². The first-order valence-corrected chi connectivity index (χ1v) is 6.11. The molecule has 17 heavy (non-hydrogen) atoms. The maximum Gasteiger partial charge on any atom is 0.125 e. The molecule has 86 valence electrons. The molecule has 0 aromatic heterocycles. The van der Waals surface area contributed by atoms with Crippen molar-refractivity contribution < 1.29 is 4.39 Å². The molecule has 0 bridgehead atoms. The van der Waals surface area contributed by atoms with Gasteiger partial charge in [0.1, 0.15) is 6.17 Å². The van der Waals surface area contributed by atoms with Gasteiger partial charge in [0.15, 0.2) is 0 Å². The van der Waals surface area contributed by atoms with Gasteiger partial charge in [0.25, 0.3) is 0 Å². The molecule has 0 heterocycles. The molecule has 0 radical (unpaired) electrons. The van der Waals surface area contributed by atoms with Gasteiger partial charge in [-0.15, -0.1) is 0 Å². The molecule has 0 nitrogen and oxygen atoms in total. The highest BCUT2D eigenvalue weighted by Gasteiger charge is 2.29. The van der Waals surface area contributed by atoms with Gasteiger partial charge in [-0.25, -0.2) is 4.39 Å². The molecule has 0 N–H and O–H groups in total. The second-order valence-electron chi connectivity index (χ2n) is 4.70. The molecule has 0 aliphatic heterocycles. The van der Waals surface area contributed by atoms with Gasteiger partial charge in [-0.05, 0) is 23.5 Å². The number of benzene rings is 1. The van der Waals surface area contributed by atoms with Crippen LogP contribution in [0.1, 0.15) is 12.0 Å². The number of fused-ring (bicyclic) bond motifs is 1. The van der Waals surface area contributed by atoms with Crippen LogP contribution in [0.3, 0.4) is 0 Å².